The predicted molar refractivity (Wildman–Crippen MR) is 89.0 cm³/mol. The van der Waals surface area contributed by atoms with E-state index in [0.29, 0.717) is 17.7 Å². The van der Waals surface area contributed by atoms with Gasteiger partial charge in [-0.05, 0) is 29.8 Å². The summed E-state index contributed by atoms with van der Waals surface area (Å²) in [6.45, 7) is 0. The molecule has 0 atom stereocenters. The van der Waals surface area contributed by atoms with Crippen LogP contribution in [0.5, 0.6) is 0 Å². The van der Waals surface area contributed by atoms with Crippen LogP contribution < -0.4 is 0 Å². The maximum absolute atomic E-state index is 12.8. The third-order valence-electron chi connectivity index (χ3n) is 3.68. The topological polar surface area (TPSA) is 17.8 Å². The molecule has 0 radical (unpaired) electrons. The number of hydrogen-bond donors (Lipinski definition) is 0. The van der Waals surface area contributed by atoms with Crippen molar-refractivity contribution in [3.63, 3.8) is 0 Å². The monoisotopic (exact) mass is 424 g/mol. The average molecular weight is 425 g/mol. The molecule has 3 aromatic rings. The summed E-state index contributed by atoms with van der Waals surface area (Å²) in [4.78, 5) is 0. The summed E-state index contributed by atoms with van der Waals surface area (Å²) in [5.74, 6) is 0. The lowest BCUT2D eigenvalue weighted by Gasteiger charge is -2.12. The Balaban J connectivity index is 2.02. The molecule has 3 rings (SSSR count). The van der Waals surface area contributed by atoms with Crippen LogP contribution in [0.2, 0.25) is 10.0 Å². The molecule has 0 saturated heterocycles. The van der Waals surface area contributed by atoms with Crippen LogP contribution in [0.4, 0.5) is 26.3 Å². The number of halogens is 8. The van der Waals surface area contributed by atoms with Gasteiger partial charge in [0.15, 0.2) is 0 Å². The fourth-order valence-electron chi connectivity index (χ4n) is 2.42. The van der Waals surface area contributed by atoms with Crippen molar-refractivity contribution < 1.29 is 26.3 Å². The molecule has 0 aliphatic carbocycles. The molecule has 0 amide bonds. The number of benzene rings is 2. The lowest BCUT2D eigenvalue weighted by atomic mass is 10.1. The Morgan fingerprint density at radius 3 is 1.93 bits per heavy atom. The van der Waals surface area contributed by atoms with Crippen LogP contribution in [0.15, 0.2) is 48.8 Å². The Morgan fingerprint density at radius 1 is 0.778 bits per heavy atom. The quantitative estimate of drug-likeness (QED) is 0.409. The number of nitrogens with zero attached hydrogens (tertiary/aromatic N) is 2. The number of aromatic nitrogens is 2. The minimum atomic E-state index is -4.63. The van der Waals surface area contributed by atoms with E-state index in [0.717, 1.165) is 16.8 Å². The first-order valence-corrected chi connectivity index (χ1v) is 8.01. The summed E-state index contributed by atoms with van der Waals surface area (Å²) in [5.41, 5.74) is -1.32. The van der Waals surface area contributed by atoms with E-state index >= 15 is 0 Å². The molecule has 1 heterocycles. The molecular weight excluding hydrogens is 417 g/mol. The van der Waals surface area contributed by atoms with Gasteiger partial charge in [-0.2, -0.15) is 31.4 Å². The van der Waals surface area contributed by atoms with Crippen molar-refractivity contribution in [3.8, 4) is 16.8 Å². The van der Waals surface area contributed by atoms with Crippen molar-refractivity contribution in [2.45, 2.75) is 12.4 Å². The first-order chi connectivity index (χ1) is 12.5. The number of alkyl halides is 6. The first kappa shape index (κ1) is 19.6. The van der Waals surface area contributed by atoms with E-state index in [1.807, 2.05) is 0 Å². The highest BCUT2D eigenvalue weighted by Crippen LogP contribution is 2.38. The second-order valence-electron chi connectivity index (χ2n) is 5.54. The lowest BCUT2D eigenvalue weighted by Crippen LogP contribution is -2.06. The molecule has 0 aliphatic heterocycles. The van der Waals surface area contributed by atoms with Gasteiger partial charge in [-0.3, -0.25) is 0 Å². The van der Waals surface area contributed by atoms with Gasteiger partial charge in [0.05, 0.1) is 27.4 Å². The number of rotatable bonds is 2. The molecule has 10 heteroatoms. The van der Waals surface area contributed by atoms with Gasteiger partial charge in [-0.1, -0.05) is 35.3 Å². The fourth-order valence-corrected chi connectivity index (χ4v) is 3.08. The highest BCUT2D eigenvalue weighted by atomic mass is 35.5. The van der Waals surface area contributed by atoms with Gasteiger partial charge in [-0.25, -0.2) is 4.68 Å². The van der Waals surface area contributed by atoms with Crippen molar-refractivity contribution >= 4 is 23.2 Å². The summed E-state index contributed by atoms with van der Waals surface area (Å²) >= 11 is 11.8. The molecule has 0 bridgehead atoms. The maximum atomic E-state index is 12.8. The molecule has 27 heavy (non-hydrogen) atoms. The summed E-state index contributed by atoms with van der Waals surface area (Å²) in [6, 6.07) is 5.97. The highest BCUT2D eigenvalue weighted by molar-refractivity contribution is 6.37. The largest absolute Gasteiger partial charge is 0.416 e. The van der Waals surface area contributed by atoms with E-state index in [-0.39, 0.29) is 21.3 Å². The van der Waals surface area contributed by atoms with Gasteiger partial charge in [-0.15, -0.1) is 0 Å². The smallest absolute Gasteiger partial charge is 0.237 e. The van der Waals surface area contributed by atoms with E-state index in [1.54, 1.807) is 0 Å². The second kappa shape index (κ2) is 6.76. The highest BCUT2D eigenvalue weighted by Gasteiger charge is 2.32. The van der Waals surface area contributed by atoms with Crippen LogP contribution in [0, 0.1) is 0 Å². The van der Waals surface area contributed by atoms with Crippen LogP contribution in [-0.2, 0) is 12.4 Å². The zero-order valence-corrected chi connectivity index (χ0v) is 14.5. The van der Waals surface area contributed by atoms with E-state index in [2.05, 4.69) is 5.10 Å². The average Bonchev–Trinajstić information content (AvgIpc) is 3.02. The minimum absolute atomic E-state index is 0.00967. The standard InChI is InChI=1S/C17H8Cl2F6N2/c18-13-5-12(17(23,24)25)6-14(19)15(13)27-8-10(7-26-27)9-2-1-3-11(4-9)16(20,21)22/h1-8H. The maximum Gasteiger partial charge on any atom is 0.416 e. The zero-order valence-electron chi connectivity index (χ0n) is 13.0. The molecule has 0 aliphatic rings. The first-order valence-electron chi connectivity index (χ1n) is 7.26. The van der Waals surface area contributed by atoms with Crippen molar-refractivity contribution in [1.29, 1.82) is 0 Å². The minimum Gasteiger partial charge on any atom is -0.237 e. The van der Waals surface area contributed by atoms with Gasteiger partial charge in [0.2, 0.25) is 0 Å². The van der Waals surface area contributed by atoms with Crippen LogP contribution >= 0.6 is 23.2 Å². The molecule has 0 saturated carbocycles. The van der Waals surface area contributed by atoms with Crippen molar-refractivity contribution in [2.24, 2.45) is 0 Å². The molecule has 2 aromatic carbocycles. The third-order valence-corrected chi connectivity index (χ3v) is 4.26. The Kier molecular flexibility index (Phi) is 4.90. The SMILES string of the molecule is FC(F)(F)c1cccc(-c2cnn(-c3c(Cl)cc(C(F)(F)F)cc3Cl)c2)c1. The summed E-state index contributed by atoms with van der Waals surface area (Å²) in [7, 11) is 0. The van der Waals surface area contributed by atoms with Gasteiger partial charge >= 0.3 is 12.4 Å². The van der Waals surface area contributed by atoms with E-state index < -0.39 is 23.5 Å². The fraction of sp³-hybridized carbons (Fsp3) is 0.118. The molecule has 0 fully saturated rings. The number of hydrogen-bond acceptors (Lipinski definition) is 1. The van der Waals surface area contributed by atoms with Gasteiger partial charge < -0.3 is 0 Å². The normalized spacial score (nSPS) is 12.4. The van der Waals surface area contributed by atoms with Gasteiger partial charge in [0.1, 0.15) is 5.69 Å². The Hall–Kier alpha value is -2.19. The van der Waals surface area contributed by atoms with Crippen molar-refractivity contribution in [2.75, 3.05) is 0 Å². The Morgan fingerprint density at radius 2 is 1.37 bits per heavy atom. The molecule has 0 unspecified atom stereocenters. The van der Waals surface area contributed by atoms with E-state index in [9.17, 15) is 26.3 Å². The molecular formula is C17H8Cl2F6N2. The lowest BCUT2D eigenvalue weighted by molar-refractivity contribution is -0.138. The van der Waals surface area contributed by atoms with E-state index in [1.165, 1.54) is 24.5 Å². The molecule has 0 N–H and O–H groups in total. The summed E-state index contributed by atoms with van der Waals surface area (Å²) in [5, 5.41) is 3.36. The molecule has 0 spiro atoms. The summed E-state index contributed by atoms with van der Waals surface area (Å²) in [6.07, 6.45) is -6.54. The Labute approximate surface area is 158 Å². The molecule has 1 aromatic heterocycles. The van der Waals surface area contributed by atoms with Crippen LogP contribution in [-0.4, -0.2) is 9.78 Å². The van der Waals surface area contributed by atoms with Gasteiger partial charge in [0, 0.05) is 11.8 Å². The van der Waals surface area contributed by atoms with Crippen LogP contribution in [0.3, 0.4) is 0 Å². The third kappa shape index (κ3) is 4.06. The van der Waals surface area contributed by atoms with Crippen LogP contribution in [0.25, 0.3) is 16.8 Å². The predicted octanol–water partition coefficient (Wildman–Crippen LogP) is 6.88. The summed E-state index contributed by atoms with van der Waals surface area (Å²) < 4.78 is 78.1. The molecule has 2 nitrogen and oxygen atoms in total. The van der Waals surface area contributed by atoms with E-state index in [4.69, 9.17) is 23.2 Å². The molecule has 142 valence electrons. The Bertz CT molecular complexity index is 969. The van der Waals surface area contributed by atoms with Crippen LogP contribution in [0.1, 0.15) is 11.1 Å². The van der Waals surface area contributed by atoms with Crippen molar-refractivity contribution in [3.05, 3.63) is 70.0 Å². The van der Waals surface area contributed by atoms with Crippen molar-refractivity contribution in [1.82, 2.24) is 9.78 Å². The second-order valence-corrected chi connectivity index (χ2v) is 6.35. The van der Waals surface area contributed by atoms with Gasteiger partial charge in [0.25, 0.3) is 0 Å². The zero-order chi connectivity index (χ0) is 20.0.